The van der Waals surface area contributed by atoms with Crippen LogP contribution in [0.1, 0.15) is 13.8 Å². The van der Waals surface area contributed by atoms with Crippen molar-refractivity contribution in [2.75, 3.05) is 16.6 Å². The van der Waals surface area contributed by atoms with Crippen LogP contribution in [-0.4, -0.2) is 20.7 Å². The number of sulfonamides is 1. The normalized spacial score (nSPS) is 22.9. The molecule has 0 amide bonds. The molecule has 2 rings (SSSR count). The molecule has 1 aliphatic heterocycles. The van der Waals surface area contributed by atoms with Crippen molar-refractivity contribution in [1.82, 2.24) is 0 Å². The Labute approximate surface area is 90.8 Å². The minimum absolute atomic E-state index is 0.158. The topological polar surface area (TPSA) is 37.4 Å². The summed E-state index contributed by atoms with van der Waals surface area (Å²) in [5, 5.41) is 0. The van der Waals surface area contributed by atoms with Crippen molar-refractivity contribution >= 4 is 15.7 Å². The fourth-order valence-corrected chi connectivity index (χ4v) is 4.17. The average molecular weight is 225 g/mol. The Morgan fingerprint density at radius 3 is 2.27 bits per heavy atom. The van der Waals surface area contributed by atoms with Gasteiger partial charge in [0.25, 0.3) is 0 Å². The van der Waals surface area contributed by atoms with Gasteiger partial charge in [0.2, 0.25) is 10.0 Å². The first-order valence-corrected chi connectivity index (χ1v) is 6.57. The molecule has 1 heterocycles. The van der Waals surface area contributed by atoms with Crippen LogP contribution in [0, 0.1) is 5.41 Å². The molecule has 0 atom stereocenters. The highest BCUT2D eigenvalue weighted by Crippen LogP contribution is 2.33. The van der Waals surface area contributed by atoms with Gasteiger partial charge in [-0.3, -0.25) is 4.31 Å². The third-order valence-corrected chi connectivity index (χ3v) is 4.68. The van der Waals surface area contributed by atoms with Gasteiger partial charge in [-0.1, -0.05) is 32.0 Å². The fourth-order valence-electron chi connectivity index (χ4n) is 1.95. The lowest BCUT2D eigenvalue weighted by molar-refractivity contribution is 0.458. The van der Waals surface area contributed by atoms with Gasteiger partial charge in [0.05, 0.1) is 11.4 Å². The molecule has 0 aliphatic carbocycles. The van der Waals surface area contributed by atoms with Gasteiger partial charge in [-0.25, -0.2) is 8.42 Å². The lowest BCUT2D eigenvalue weighted by atomic mass is 9.97. The van der Waals surface area contributed by atoms with E-state index >= 15 is 0 Å². The zero-order chi connectivity index (χ0) is 11.1. The second kappa shape index (κ2) is 3.23. The summed E-state index contributed by atoms with van der Waals surface area (Å²) in [6.45, 7) is 4.53. The summed E-state index contributed by atoms with van der Waals surface area (Å²) < 4.78 is 25.3. The molecule has 0 spiro atoms. The molecule has 3 nitrogen and oxygen atoms in total. The van der Waals surface area contributed by atoms with Gasteiger partial charge < -0.3 is 0 Å². The smallest absolute Gasteiger partial charge is 0.235 e. The molecule has 1 saturated heterocycles. The van der Waals surface area contributed by atoms with E-state index in [0.29, 0.717) is 6.54 Å². The SMILES string of the molecule is CC1(C)CN(c2ccccc2)S(=O)(=O)C1. The van der Waals surface area contributed by atoms with Gasteiger partial charge in [-0.05, 0) is 17.5 Å². The summed E-state index contributed by atoms with van der Waals surface area (Å²) in [4.78, 5) is 0. The highest BCUT2D eigenvalue weighted by atomic mass is 32.2. The van der Waals surface area contributed by atoms with E-state index in [-0.39, 0.29) is 11.2 Å². The Balaban J connectivity index is 2.40. The Hall–Kier alpha value is -1.03. The van der Waals surface area contributed by atoms with Crippen molar-refractivity contribution in [2.45, 2.75) is 13.8 Å². The molecule has 0 radical (unpaired) electrons. The maximum absolute atomic E-state index is 11.9. The zero-order valence-electron chi connectivity index (χ0n) is 8.97. The molecule has 1 aliphatic rings. The third kappa shape index (κ3) is 2.00. The lowest BCUT2D eigenvalue weighted by Crippen LogP contribution is -2.25. The summed E-state index contributed by atoms with van der Waals surface area (Å²) in [6, 6.07) is 9.27. The van der Waals surface area contributed by atoms with Gasteiger partial charge >= 0.3 is 0 Å². The van der Waals surface area contributed by atoms with Gasteiger partial charge in [0.15, 0.2) is 0 Å². The summed E-state index contributed by atoms with van der Waals surface area (Å²) in [5.74, 6) is 0.231. The molecule has 1 aromatic carbocycles. The number of nitrogens with zero attached hydrogens (tertiary/aromatic N) is 1. The predicted molar refractivity (Wildman–Crippen MR) is 61.4 cm³/mol. The second-order valence-electron chi connectivity index (χ2n) is 4.76. The quantitative estimate of drug-likeness (QED) is 0.731. The molecule has 82 valence electrons. The molecule has 0 bridgehead atoms. The van der Waals surface area contributed by atoms with Crippen LogP contribution in [-0.2, 0) is 10.0 Å². The van der Waals surface area contributed by atoms with Crippen LogP contribution in [0.5, 0.6) is 0 Å². The summed E-state index contributed by atoms with van der Waals surface area (Å²) in [5.41, 5.74) is 0.609. The van der Waals surface area contributed by atoms with Gasteiger partial charge in [-0.2, -0.15) is 0 Å². The van der Waals surface area contributed by atoms with Crippen LogP contribution >= 0.6 is 0 Å². The van der Waals surface area contributed by atoms with Crippen LogP contribution in [0.2, 0.25) is 0 Å². The van der Waals surface area contributed by atoms with E-state index in [4.69, 9.17) is 0 Å². The predicted octanol–water partition coefficient (Wildman–Crippen LogP) is 1.86. The first kappa shape index (κ1) is 10.5. The monoisotopic (exact) mass is 225 g/mol. The number of hydrogen-bond acceptors (Lipinski definition) is 2. The number of benzene rings is 1. The maximum Gasteiger partial charge on any atom is 0.235 e. The van der Waals surface area contributed by atoms with Crippen molar-refractivity contribution in [1.29, 1.82) is 0 Å². The van der Waals surface area contributed by atoms with Crippen LogP contribution in [0.4, 0.5) is 5.69 Å². The van der Waals surface area contributed by atoms with Crippen LogP contribution < -0.4 is 4.31 Å². The molecular weight excluding hydrogens is 210 g/mol. The Kier molecular flexibility index (Phi) is 2.26. The highest BCUT2D eigenvalue weighted by Gasteiger charge is 2.41. The molecule has 0 unspecified atom stereocenters. The largest absolute Gasteiger partial charge is 0.270 e. The lowest BCUT2D eigenvalue weighted by Gasteiger charge is -2.18. The third-order valence-electron chi connectivity index (χ3n) is 2.52. The highest BCUT2D eigenvalue weighted by molar-refractivity contribution is 7.93. The van der Waals surface area contributed by atoms with Crippen LogP contribution in [0.3, 0.4) is 0 Å². The van der Waals surface area contributed by atoms with Crippen molar-refractivity contribution in [3.05, 3.63) is 30.3 Å². The molecule has 1 aromatic rings. The molecule has 15 heavy (non-hydrogen) atoms. The van der Waals surface area contributed by atoms with E-state index in [1.165, 1.54) is 4.31 Å². The second-order valence-corrected chi connectivity index (χ2v) is 6.66. The van der Waals surface area contributed by atoms with E-state index in [0.717, 1.165) is 5.69 Å². The Bertz CT molecular complexity index is 451. The van der Waals surface area contributed by atoms with E-state index in [2.05, 4.69) is 0 Å². The van der Waals surface area contributed by atoms with Crippen molar-refractivity contribution in [3.8, 4) is 0 Å². The number of para-hydroxylation sites is 1. The molecule has 0 N–H and O–H groups in total. The van der Waals surface area contributed by atoms with Gasteiger partial charge in [-0.15, -0.1) is 0 Å². The van der Waals surface area contributed by atoms with Crippen LogP contribution in [0.15, 0.2) is 30.3 Å². The fraction of sp³-hybridized carbons (Fsp3) is 0.455. The van der Waals surface area contributed by atoms with Crippen LogP contribution in [0.25, 0.3) is 0 Å². The molecular formula is C11H15NO2S. The number of rotatable bonds is 1. The summed E-state index contributed by atoms with van der Waals surface area (Å²) >= 11 is 0. The number of anilines is 1. The van der Waals surface area contributed by atoms with E-state index in [1.54, 1.807) is 0 Å². The Morgan fingerprint density at radius 2 is 1.80 bits per heavy atom. The summed E-state index contributed by atoms with van der Waals surface area (Å²) in [7, 11) is -3.11. The van der Waals surface area contributed by atoms with Crippen molar-refractivity contribution in [3.63, 3.8) is 0 Å². The molecule has 1 fully saturated rings. The molecule has 0 aromatic heterocycles. The van der Waals surface area contributed by atoms with Gasteiger partial charge in [0, 0.05) is 6.54 Å². The van der Waals surface area contributed by atoms with Crippen molar-refractivity contribution < 1.29 is 8.42 Å². The molecule has 4 heteroatoms. The molecule has 0 saturated carbocycles. The summed E-state index contributed by atoms with van der Waals surface area (Å²) in [6.07, 6.45) is 0. The first-order chi connectivity index (χ1) is 6.91. The minimum Gasteiger partial charge on any atom is -0.270 e. The van der Waals surface area contributed by atoms with Crippen molar-refractivity contribution in [2.24, 2.45) is 5.41 Å². The zero-order valence-corrected chi connectivity index (χ0v) is 9.79. The van der Waals surface area contributed by atoms with E-state index in [1.807, 2.05) is 44.2 Å². The maximum atomic E-state index is 11.9. The van der Waals surface area contributed by atoms with Gasteiger partial charge in [0.1, 0.15) is 0 Å². The van der Waals surface area contributed by atoms with E-state index in [9.17, 15) is 8.42 Å². The Morgan fingerprint density at radius 1 is 1.20 bits per heavy atom. The minimum atomic E-state index is -3.11. The first-order valence-electron chi connectivity index (χ1n) is 4.96. The van der Waals surface area contributed by atoms with E-state index < -0.39 is 10.0 Å². The standard InChI is InChI=1S/C11H15NO2S/c1-11(2)8-12(15(13,14)9-11)10-6-4-3-5-7-10/h3-7H,8-9H2,1-2H3. The average Bonchev–Trinajstić information content (AvgIpc) is 2.36. The number of hydrogen-bond donors (Lipinski definition) is 0.